The number of rotatable bonds is 7. The Bertz CT molecular complexity index is 1030. The summed E-state index contributed by atoms with van der Waals surface area (Å²) >= 11 is 1.16. The number of hydrogen-bond donors (Lipinski definition) is 1. The number of nitrogens with one attached hydrogen (secondary N) is 1. The van der Waals surface area contributed by atoms with Gasteiger partial charge in [-0.25, -0.2) is 8.78 Å². The number of aromatic nitrogens is 3. The van der Waals surface area contributed by atoms with Crippen LogP contribution < -0.4 is 10.1 Å². The van der Waals surface area contributed by atoms with E-state index in [1.165, 1.54) is 6.07 Å². The maximum absolute atomic E-state index is 13.6. The Labute approximate surface area is 171 Å². The van der Waals surface area contributed by atoms with Crippen molar-refractivity contribution < 1.29 is 18.3 Å². The van der Waals surface area contributed by atoms with Gasteiger partial charge in [-0.05, 0) is 43.7 Å². The normalized spacial score (nSPS) is 11.9. The lowest BCUT2D eigenvalue weighted by Gasteiger charge is -2.14. The van der Waals surface area contributed by atoms with Gasteiger partial charge in [0, 0.05) is 13.1 Å². The van der Waals surface area contributed by atoms with E-state index in [-0.39, 0.29) is 17.5 Å². The molecular weight excluding hydrogens is 398 g/mol. The van der Waals surface area contributed by atoms with Gasteiger partial charge in [0.05, 0.1) is 11.4 Å². The van der Waals surface area contributed by atoms with Crippen molar-refractivity contribution in [2.45, 2.75) is 25.1 Å². The van der Waals surface area contributed by atoms with Crippen LogP contribution in [0.4, 0.5) is 14.5 Å². The minimum atomic E-state index is -0.827. The molecule has 0 bridgehead atoms. The van der Waals surface area contributed by atoms with Crippen molar-refractivity contribution >= 4 is 23.4 Å². The molecule has 3 rings (SSSR count). The molecule has 152 valence electrons. The summed E-state index contributed by atoms with van der Waals surface area (Å²) < 4.78 is 34.2. The number of halogens is 2. The number of aryl methyl sites for hydroxylation is 1. The molecule has 0 saturated carbocycles. The van der Waals surface area contributed by atoms with Crippen LogP contribution in [0, 0.1) is 18.6 Å². The summed E-state index contributed by atoms with van der Waals surface area (Å²) in [4.78, 5) is 12.1. The molecule has 6 nitrogen and oxygen atoms in total. The van der Waals surface area contributed by atoms with E-state index in [9.17, 15) is 13.6 Å². The minimum absolute atomic E-state index is 0.00406. The molecule has 0 radical (unpaired) electrons. The Hall–Kier alpha value is -2.94. The smallest absolute Gasteiger partial charge is 0.234 e. The minimum Gasteiger partial charge on any atom is -0.483 e. The van der Waals surface area contributed by atoms with Crippen molar-refractivity contribution in [3.8, 4) is 5.75 Å². The third-order valence-corrected chi connectivity index (χ3v) is 5.09. The number of anilines is 1. The van der Waals surface area contributed by atoms with Crippen molar-refractivity contribution in [2.75, 3.05) is 11.1 Å². The van der Waals surface area contributed by atoms with E-state index in [0.717, 1.165) is 29.1 Å². The van der Waals surface area contributed by atoms with Crippen LogP contribution in [0.1, 0.15) is 24.4 Å². The molecule has 9 heteroatoms. The standard InChI is InChI=1S/C20H20F2N4O2S/c1-12-5-4-6-15(9-12)28-13(2)19-24-25-20(26(19)3)29-11-18(27)23-17-8-7-14(21)10-16(17)22/h4-10,13H,11H2,1-3H3,(H,23,27). The van der Waals surface area contributed by atoms with E-state index >= 15 is 0 Å². The van der Waals surface area contributed by atoms with E-state index in [2.05, 4.69) is 15.5 Å². The average Bonchev–Trinajstić information content (AvgIpc) is 3.03. The molecule has 1 heterocycles. The van der Waals surface area contributed by atoms with Crippen LogP contribution in [0.3, 0.4) is 0 Å². The maximum atomic E-state index is 13.6. The lowest BCUT2D eigenvalue weighted by Crippen LogP contribution is -2.16. The van der Waals surface area contributed by atoms with Crippen molar-refractivity contribution in [2.24, 2.45) is 7.05 Å². The van der Waals surface area contributed by atoms with Gasteiger partial charge in [-0.3, -0.25) is 4.79 Å². The number of carbonyl (C=O) groups is 1. The largest absolute Gasteiger partial charge is 0.483 e. The van der Waals surface area contributed by atoms with Gasteiger partial charge in [0.1, 0.15) is 17.4 Å². The van der Waals surface area contributed by atoms with Gasteiger partial charge in [-0.15, -0.1) is 10.2 Å². The number of ether oxygens (including phenoxy) is 1. The topological polar surface area (TPSA) is 69.0 Å². The van der Waals surface area contributed by atoms with Crippen molar-refractivity contribution in [3.05, 3.63) is 65.5 Å². The first-order chi connectivity index (χ1) is 13.8. The fraction of sp³-hybridized carbons (Fsp3) is 0.250. The first kappa shape index (κ1) is 20.8. The molecule has 1 atom stereocenters. The summed E-state index contributed by atoms with van der Waals surface area (Å²) in [5, 5.41) is 11.2. The van der Waals surface area contributed by atoms with Gasteiger partial charge < -0.3 is 14.6 Å². The molecule has 2 aromatic carbocycles. The summed E-state index contributed by atoms with van der Waals surface area (Å²) in [7, 11) is 1.78. The fourth-order valence-electron chi connectivity index (χ4n) is 2.66. The Balaban J connectivity index is 1.59. The molecular formula is C20H20F2N4O2S. The molecule has 0 spiro atoms. The summed E-state index contributed by atoms with van der Waals surface area (Å²) in [5.74, 6) is -0.631. The highest BCUT2D eigenvalue weighted by Gasteiger charge is 2.18. The molecule has 0 aliphatic rings. The Morgan fingerprint density at radius 1 is 1.24 bits per heavy atom. The number of nitrogens with zero attached hydrogens (tertiary/aromatic N) is 3. The zero-order valence-electron chi connectivity index (χ0n) is 16.1. The van der Waals surface area contributed by atoms with E-state index in [4.69, 9.17) is 4.74 Å². The number of benzene rings is 2. The molecule has 0 fully saturated rings. The van der Waals surface area contributed by atoms with Crippen LogP contribution in [-0.4, -0.2) is 26.4 Å². The first-order valence-corrected chi connectivity index (χ1v) is 9.82. The van der Waals surface area contributed by atoms with Gasteiger partial charge >= 0.3 is 0 Å². The second-order valence-electron chi connectivity index (χ2n) is 6.44. The van der Waals surface area contributed by atoms with Crippen molar-refractivity contribution in [1.82, 2.24) is 14.8 Å². The molecule has 0 saturated heterocycles. The van der Waals surface area contributed by atoms with E-state index in [1.807, 2.05) is 38.1 Å². The predicted molar refractivity (Wildman–Crippen MR) is 107 cm³/mol. The molecule has 1 N–H and O–H groups in total. The summed E-state index contributed by atoms with van der Waals surface area (Å²) in [5.41, 5.74) is 1.02. The van der Waals surface area contributed by atoms with Gasteiger partial charge in [0.25, 0.3) is 0 Å². The second kappa shape index (κ2) is 9.04. The Morgan fingerprint density at radius 2 is 2.03 bits per heavy atom. The van der Waals surface area contributed by atoms with Gasteiger partial charge in [-0.2, -0.15) is 0 Å². The molecule has 3 aromatic rings. The zero-order valence-corrected chi connectivity index (χ0v) is 17.0. The highest BCUT2D eigenvalue weighted by Crippen LogP contribution is 2.24. The Kier molecular flexibility index (Phi) is 6.48. The number of hydrogen-bond acceptors (Lipinski definition) is 5. The lowest BCUT2D eigenvalue weighted by molar-refractivity contribution is -0.113. The quantitative estimate of drug-likeness (QED) is 0.580. The summed E-state index contributed by atoms with van der Waals surface area (Å²) in [6, 6.07) is 10.7. The molecule has 29 heavy (non-hydrogen) atoms. The zero-order chi connectivity index (χ0) is 21.0. The number of carbonyl (C=O) groups excluding carboxylic acids is 1. The molecule has 1 unspecified atom stereocenters. The van der Waals surface area contributed by atoms with E-state index in [1.54, 1.807) is 11.6 Å². The Morgan fingerprint density at radius 3 is 2.76 bits per heavy atom. The molecule has 1 amide bonds. The van der Waals surface area contributed by atoms with Crippen LogP contribution in [-0.2, 0) is 11.8 Å². The van der Waals surface area contributed by atoms with Crippen molar-refractivity contribution in [1.29, 1.82) is 0 Å². The van der Waals surface area contributed by atoms with Crippen molar-refractivity contribution in [3.63, 3.8) is 0 Å². The SMILES string of the molecule is Cc1cccc(OC(C)c2nnc(SCC(=O)Nc3ccc(F)cc3F)n2C)c1. The van der Waals surface area contributed by atoms with Crippen LogP contribution >= 0.6 is 11.8 Å². The highest BCUT2D eigenvalue weighted by molar-refractivity contribution is 7.99. The lowest BCUT2D eigenvalue weighted by atomic mass is 10.2. The van der Waals surface area contributed by atoms with Gasteiger partial charge in [0.15, 0.2) is 17.1 Å². The molecule has 1 aromatic heterocycles. The second-order valence-corrected chi connectivity index (χ2v) is 7.38. The predicted octanol–water partition coefficient (Wildman–Crippen LogP) is 4.27. The highest BCUT2D eigenvalue weighted by atomic mass is 32.2. The maximum Gasteiger partial charge on any atom is 0.234 e. The number of thioether (sulfide) groups is 1. The van der Waals surface area contributed by atoms with Gasteiger partial charge in [-0.1, -0.05) is 23.9 Å². The van der Waals surface area contributed by atoms with Crippen LogP contribution in [0.5, 0.6) is 5.75 Å². The van der Waals surface area contributed by atoms with E-state index < -0.39 is 17.5 Å². The molecule has 0 aliphatic heterocycles. The van der Waals surface area contributed by atoms with Gasteiger partial charge in [0.2, 0.25) is 5.91 Å². The third-order valence-electron chi connectivity index (χ3n) is 4.07. The van der Waals surface area contributed by atoms with Crippen LogP contribution in [0.2, 0.25) is 0 Å². The first-order valence-electron chi connectivity index (χ1n) is 8.84. The van der Waals surface area contributed by atoms with Crippen LogP contribution in [0.25, 0.3) is 0 Å². The monoisotopic (exact) mass is 418 g/mol. The molecule has 0 aliphatic carbocycles. The average molecular weight is 418 g/mol. The van der Waals surface area contributed by atoms with Crippen LogP contribution in [0.15, 0.2) is 47.6 Å². The third kappa shape index (κ3) is 5.32. The fourth-order valence-corrected chi connectivity index (χ4v) is 3.38. The summed E-state index contributed by atoms with van der Waals surface area (Å²) in [6.07, 6.45) is -0.342. The number of amides is 1. The summed E-state index contributed by atoms with van der Waals surface area (Å²) in [6.45, 7) is 3.85. The van der Waals surface area contributed by atoms with E-state index in [0.29, 0.717) is 17.0 Å².